The van der Waals surface area contributed by atoms with Gasteiger partial charge in [-0.2, -0.15) is 0 Å². The van der Waals surface area contributed by atoms with E-state index in [-0.39, 0.29) is 0 Å². The number of anilines is 1. The minimum atomic E-state index is 0.709. The number of rotatable bonds is 5. The molecule has 0 aliphatic carbocycles. The van der Waals surface area contributed by atoms with Gasteiger partial charge in [0.1, 0.15) is 0 Å². The zero-order chi connectivity index (χ0) is 14.8. The second kappa shape index (κ2) is 5.97. The lowest BCUT2D eigenvalue weighted by Gasteiger charge is -2.15. The van der Waals surface area contributed by atoms with E-state index in [0.717, 1.165) is 34.9 Å². The van der Waals surface area contributed by atoms with Crippen molar-refractivity contribution in [2.24, 2.45) is 0 Å². The largest absolute Gasteiger partial charge is 0.446 e. The Hall–Kier alpha value is -2.07. The summed E-state index contributed by atoms with van der Waals surface area (Å²) in [6, 6.07) is 10.2. The standard InChI is InChI=1S/C18H21N3O/c1-2-7-16-14(6-1)17(15-8-13-22-18(15)20-16)19-9-5-12-21-10-3-4-11-21/h1-2,6-8,13H,3-5,9-12H2,(H,19,20). The van der Waals surface area contributed by atoms with E-state index in [1.54, 1.807) is 6.26 Å². The molecule has 3 aromatic rings. The van der Waals surface area contributed by atoms with Crippen molar-refractivity contribution in [1.82, 2.24) is 9.88 Å². The molecule has 4 rings (SSSR count). The van der Waals surface area contributed by atoms with Gasteiger partial charge in [0.25, 0.3) is 0 Å². The lowest BCUT2D eigenvalue weighted by atomic mass is 10.1. The first-order valence-corrected chi connectivity index (χ1v) is 8.14. The molecule has 22 heavy (non-hydrogen) atoms. The molecule has 1 aromatic carbocycles. The van der Waals surface area contributed by atoms with E-state index >= 15 is 0 Å². The van der Waals surface area contributed by atoms with E-state index in [2.05, 4.69) is 27.3 Å². The molecule has 0 spiro atoms. The summed E-state index contributed by atoms with van der Waals surface area (Å²) in [6.45, 7) is 4.70. The molecule has 0 unspecified atom stereocenters. The molecule has 1 aliphatic heterocycles. The van der Waals surface area contributed by atoms with Crippen molar-refractivity contribution in [2.45, 2.75) is 19.3 Å². The van der Waals surface area contributed by atoms with Crippen molar-refractivity contribution < 1.29 is 4.42 Å². The smallest absolute Gasteiger partial charge is 0.228 e. The van der Waals surface area contributed by atoms with E-state index in [1.807, 2.05) is 18.2 Å². The highest BCUT2D eigenvalue weighted by molar-refractivity contribution is 6.05. The maximum absolute atomic E-state index is 5.49. The molecule has 3 heterocycles. The summed E-state index contributed by atoms with van der Waals surface area (Å²) >= 11 is 0. The van der Waals surface area contributed by atoms with E-state index in [1.165, 1.54) is 32.5 Å². The van der Waals surface area contributed by atoms with Crippen molar-refractivity contribution in [3.05, 3.63) is 36.6 Å². The zero-order valence-electron chi connectivity index (χ0n) is 12.7. The summed E-state index contributed by atoms with van der Waals surface area (Å²) in [5.74, 6) is 0. The molecule has 0 atom stereocenters. The summed E-state index contributed by atoms with van der Waals surface area (Å²) in [5.41, 5.74) is 2.84. The predicted molar refractivity (Wildman–Crippen MR) is 90.3 cm³/mol. The number of nitrogens with one attached hydrogen (secondary N) is 1. The Kier molecular flexibility index (Phi) is 3.69. The van der Waals surface area contributed by atoms with E-state index in [0.29, 0.717) is 5.71 Å². The Morgan fingerprint density at radius 1 is 1.09 bits per heavy atom. The van der Waals surface area contributed by atoms with Crippen molar-refractivity contribution in [3.8, 4) is 0 Å². The Morgan fingerprint density at radius 3 is 2.86 bits per heavy atom. The van der Waals surface area contributed by atoms with Crippen LogP contribution in [-0.4, -0.2) is 36.1 Å². The number of pyridine rings is 1. The van der Waals surface area contributed by atoms with E-state index < -0.39 is 0 Å². The average Bonchev–Trinajstić information content (AvgIpc) is 3.21. The van der Waals surface area contributed by atoms with Gasteiger partial charge in [-0.25, -0.2) is 4.98 Å². The molecule has 0 saturated carbocycles. The van der Waals surface area contributed by atoms with Gasteiger partial charge < -0.3 is 14.6 Å². The highest BCUT2D eigenvalue weighted by Crippen LogP contribution is 2.31. The lowest BCUT2D eigenvalue weighted by Crippen LogP contribution is -2.22. The minimum absolute atomic E-state index is 0.709. The lowest BCUT2D eigenvalue weighted by molar-refractivity contribution is 0.337. The molecule has 1 N–H and O–H groups in total. The summed E-state index contributed by atoms with van der Waals surface area (Å²) in [7, 11) is 0. The van der Waals surface area contributed by atoms with Crippen LogP contribution in [0.1, 0.15) is 19.3 Å². The maximum Gasteiger partial charge on any atom is 0.228 e. The van der Waals surface area contributed by atoms with Crippen LogP contribution < -0.4 is 5.32 Å². The maximum atomic E-state index is 5.49. The van der Waals surface area contributed by atoms with Crippen molar-refractivity contribution in [2.75, 3.05) is 31.5 Å². The summed E-state index contributed by atoms with van der Waals surface area (Å²) < 4.78 is 5.49. The van der Waals surface area contributed by atoms with Gasteiger partial charge in [-0.1, -0.05) is 18.2 Å². The van der Waals surface area contributed by atoms with Crippen LogP contribution in [-0.2, 0) is 0 Å². The first kappa shape index (κ1) is 13.6. The zero-order valence-corrected chi connectivity index (χ0v) is 12.7. The van der Waals surface area contributed by atoms with Crippen LogP contribution in [0.25, 0.3) is 22.0 Å². The summed E-state index contributed by atoms with van der Waals surface area (Å²) in [4.78, 5) is 7.13. The second-order valence-electron chi connectivity index (χ2n) is 5.97. The van der Waals surface area contributed by atoms with Crippen molar-refractivity contribution >= 4 is 27.7 Å². The molecule has 0 bridgehead atoms. The van der Waals surface area contributed by atoms with Gasteiger partial charge in [0.05, 0.1) is 22.9 Å². The molecule has 4 heteroatoms. The molecule has 1 aliphatic rings. The Labute approximate surface area is 130 Å². The average molecular weight is 295 g/mol. The molecule has 114 valence electrons. The Bertz CT molecular complexity index is 774. The molecule has 1 saturated heterocycles. The third-order valence-corrected chi connectivity index (χ3v) is 4.46. The number of para-hydroxylation sites is 1. The van der Waals surface area contributed by atoms with Crippen molar-refractivity contribution in [3.63, 3.8) is 0 Å². The topological polar surface area (TPSA) is 41.3 Å². The fraction of sp³-hybridized carbons (Fsp3) is 0.389. The minimum Gasteiger partial charge on any atom is -0.446 e. The van der Waals surface area contributed by atoms with E-state index in [9.17, 15) is 0 Å². The van der Waals surface area contributed by atoms with Gasteiger partial charge >= 0.3 is 0 Å². The van der Waals surface area contributed by atoms with E-state index in [4.69, 9.17) is 4.42 Å². The van der Waals surface area contributed by atoms with Gasteiger partial charge in [-0.05, 0) is 51.0 Å². The number of hydrogen-bond donors (Lipinski definition) is 1. The quantitative estimate of drug-likeness (QED) is 0.725. The van der Waals surface area contributed by atoms with Gasteiger partial charge in [0, 0.05) is 11.9 Å². The fourth-order valence-electron chi connectivity index (χ4n) is 3.33. The Morgan fingerprint density at radius 2 is 1.95 bits per heavy atom. The summed E-state index contributed by atoms with van der Waals surface area (Å²) in [6.07, 6.45) is 5.60. The number of aromatic nitrogens is 1. The van der Waals surface area contributed by atoms with Gasteiger partial charge in [-0.15, -0.1) is 0 Å². The third kappa shape index (κ3) is 2.55. The van der Waals surface area contributed by atoms with Crippen LogP contribution in [0, 0.1) is 0 Å². The van der Waals surface area contributed by atoms with Gasteiger partial charge in [0.15, 0.2) is 0 Å². The first-order chi connectivity index (χ1) is 10.9. The van der Waals surface area contributed by atoms with Crippen LogP contribution in [0.3, 0.4) is 0 Å². The molecular formula is C18H21N3O. The number of hydrogen-bond acceptors (Lipinski definition) is 4. The molecule has 1 fully saturated rings. The summed E-state index contributed by atoms with van der Waals surface area (Å²) in [5, 5.41) is 5.85. The SMILES string of the molecule is c1ccc2c(NCCCN3CCCC3)c3ccoc3nc2c1. The second-order valence-corrected chi connectivity index (χ2v) is 5.97. The van der Waals surface area contributed by atoms with Crippen LogP contribution in [0.5, 0.6) is 0 Å². The number of nitrogens with zero attached hydrogens (tertiary/aromatic N) is 2. The highest BCUT2D eigenvalue weighted by atomic mass is 16.3. The number of likely N-dealkylation sites (tertiary alicyclic amines) is 1. The van der Waals surface area contributed by atoms with Crippen molar-refractivity contribution in [1.29, 1.82) is 0 Å². The molecular weight excluding hydrogens is 274 g/mol. The predicted octanol–water partition coefficient (Wildman–Crippen LogP) is 3.88. The third-order valence-electron chi connectivity index (χ3n) is 4.46. The van der Waals surface area contributed by atoms with Gasteiger partial charge in [-0.3, -0.25) is 0 Å². The monoisotopic (exact) mass is 295 g/mol. The molecule has 0 radical (unpaired) electrons. The van der Waals surface area contributed by atoms with Crippen LogP contribution in [0.15, 0.2) is 41.0 Å². The number of benzene rings is 1. The number of furan rings is 1. The first-order valence-electron chi connectivity index (χ1n) is 8.14. The number of fused-ring (bicyclic) bond motifs is 2. The highest BCUT2D eigenvalue weighted by Gasteiger charge is 2.12. The molecule has 4 nitrogen and oxygen atoms in total. The molecule has 0 amide bonds. The van der Waals surface area contributed by atoms with Gasteiger partial charge in [0.2, 0.25) is 5.71 Å². The molecule has 2 aromatic heterocycles. The van der Waals surface area contributed by atoms with Crippen LogP contribution in [0.2, 0.25) is 0 Å². The van der Waals surface area contributed by atoms with Crippen LogP contribution >= 0.6 is 0 Å². The fourth-order valence-corrected chi connectivity index (χ4v) is 3.33. The Balaban J connectivity index is 1.54. The van der Waals surface area contributed by atoms with Crippen LogP contribution in [0.4, 0.5) is 5.69 Å². The normalized spacial score (nSPS) is 15.8.